The topological polar surface area (TPSA) is 27.1 Å². The molecule has 1 aromatic heterocycles. The zero-order valence-electron chi connectivity index (χ0n) is 7.18. The van der Waals surface area contributed by atoms with Crippen LogP contribution in [0.15, 0.2) is 33.6 Å². The number of ether oxygens (including phenoxy) is 1. The number of imidazole rings is 1. The number of hydrogen-bond donors (Lipinski definition) is 0. The molecule has 1 aromatic rings. The van der Waals surface area contributed by atoms with Gasteiger partial charge in [0.1, 0.15) is 0 Å². The first-order chi connectivity index (χ1) is 6.74. The maximum absolute atomic E-state index is 5.59. The normalized spacial score (nSPS) is 16.0. The Kier molecular flexibility index (Phi) is 3.72. The van der Waals surface area contributed by atoms with Gasteiger partial charge in [-0.25, -0.2) is 0 Å². The summed E-state index contributed by atoms with van der Waals surface area (Å²) in [6.07, 6.45) is 8.76. The molecule has 0 saturated carbocycles. The van der Waals surface area contributed by atoms with Gasteiger partial charge in [-0.05, 0) is 0 Å². The van der Waals surface area contributed by atoms with E-state index in [1.807, 2.05) is 14.6 Å². The van der Waals surface area contributed by atoms with E-state index >= 15 is 0 Å². The molecule has 2 heterocycles. The van der Waals surface area contributed by atoms with Crippen LogP contribution in [0.4, 0.5) is 0 Å². The van der Waals surface area contributed by atoms with Crippen LogP contribution in [0.25, 0.3) is 0 Å². The third-order valence-corrected chi connectivity index (χ3v) is 4.26. The van der Waals surface area contributed by atoms with Gasteiger partial charge in [0.2, 0.25) is 0 Å². The van der Waals surface area contributed by atoms with E-state index in [0.29, 0.717) is 5.88 Å². The van der Waals surface area contributed by atoms with E-state index < -0.39 is 0 Å². The molecule has 0 spiro atoms. The minimum atomic E-state index is 0.674. The molecule has 70 valence electrons. The third kappa shape index (κ3) is 2.86. The second-order valence-corrected chi connectivity index (χ2v) is 7.37. The molecule has 0 radical (unpaired) electrons. The summed E-state index contributed by atoms with van der Waals surface area (Å²) in [4.78, 5) is 4.13. The Labute approximate surface area is 111 Å². The molecule has 0 fully saturated rings. The number of nitrogens with zero attached hydrogens (tertiary/aromatic N) is 2. The van der Waals surface area contributed by atoms with Gasteiger partial charge in [0.15, 0.2) is 0 Å². The molecule has 0 atom stereocenters. The molecule has 0 amide bonds. The van der Waals surface area contributed by atoms with E-state index in [1.54, 1.807) is 18.1 Å². The zero-order valence-corrected chi connectivity index (χ0v) is 14.1. The van der Waals surface area contributed by atoms with Gasteiger partial charge in [-0.3, -0.25) is 0 Å². The first-order valence-electron chi connectivity index (χ1n) is 3.94. The van der Waals surface area contributed by atoms with Crippen molar-refractivity contribution in [3.8, 4) is 5.88 Å². The molecule has 0 N–H and O–H groups in total. The van der Waals surface area contributed by atoms with Crippen molar-refractivity contribution < 1.29 is 4.74 Å². The summed E-state index contributed by atoms with van der Waals surface area (Å²) in [6, 6.07) is 0. The van der Waals surface area contributed by atoms with Gasteiger partial charge in [0.25, 0.3) is 0 Å². The fourth-order valence-corrected chi connectivity index (χ4v) is 3.06. The molecule has 14 heavy (non-hydrogen) atoms. The van der Waals surface area contributed by atoms with Gasteiger partial charge in [-0.2, -0.15) is 0 Å². The summed E-state index contributed by atoms with van der Waals surface area (Å²) in [5.41, 5.74) is 0. The molecular formula is C8H6BrN2OSTl. The predicted molar refractivity (Wildman–Crippen MR) is 61.3 cm³/mol. The summed E-state index contributed by atoms with van der Waals surface area (Å²) in [5, 5.41) is 0.892. The Balaban J connectivity index is 2.02. The van der Waals surface area contributed by atoms with E-state index in [9.17, 15) is 0 Å². The summed E-state index contributed by atoms with van der Waals surface area (Å²) >= 11 is 5.74. The Morgan fingerprint density at radius 1 is 1.57 bits per heavy atom. The van der Waals surface area contributed by atoms with Gasteiger partial charge >= 0.3 is 112 Å². The SMILES string of the molecule is BrC1=CCC=C(Oc2c[n]([Tl])cn2)S1. The Morgan fingerprint density at radius 3 is 3.07 bits per heavy atom. The molecule has 0 aliphatic carbocycles. The number of halogens is 1. The number of aromatic nitrogens is 2. The van der Waals surface area contributed by atoms with E-state index in [1.165, 1.54) is 0 Å². The Morgan fingerprint density at radius 2 is 2.43 bits per heavy atom. The average molecular weight is 463 g/mol. The third-order valence-electron chi connectivity index (χ3n) is 1.54. The minimum absolute atomic E-state index is 0.674. The van der Waals surface area contributed by atoms with Crippen LogP contribution >= 0.6 is 27.7 Å². The van der Waals surface area contributed by atoms with Crippen molar-refractivity contribution in [3.05, 3.63) is 33.6 Å². The fourth-order valence-electron chi connectivity index (χ4n) is 0.963. The summed E-state index contributed by atoms with van der Waals surface area (Å²) in [7, 11) is 0. The van der Waals surface area contributed by atoms with Crippen molar-refractivity contribution in [3.63, 3.8) is 0 Å². The molecular weight excluding hydrogens is 456 g/mol. The van der Waals surface area contributed by atoms with Crippen LogP contribution in [0, 0.1) is 0 Å². The summed E-state index contributed by atoms with van der Waals surface area (Å²) in [6.45, 7) is 0. The summed E-state index contributed by atoms with van der Waals surface area (Å²) in [5.74, 6) is 0.674. The Hall–Kier alpha value is 0.242. The van der Waals surface area contributed by atoms with Gasteiger partial charge in [0, 0.05) is 0 Å². The van der Waals surface area contributed by atoms with E-state index in [4.69, 9.17) is 4.74 Å². The van der Waals surface area contributed by atoms with Crippen molar-refractivity contribution in [1.82, 2.24) is 7.36 Å². The predicted octanol–water partition coefficient (Wildman–Crippen LogP) is 2.41. The molecule has 0 aromatic carbocycles. The van der Waals surface area contributed by atoms with Crippen LogP contribution in [0.1, 0.15) is 6.42 Å². The van der Waals surface area contributed by atoms with Crippen molar-refractivity contribution in [1.29, 1.82) is 0 Å². The maximum atomic E-state index is 5.59. The van der Waals surface area contributed by atoms with Gasteiger partial charge in [0.05, 0.1) is 0 Å². The molecule has 2 rings (SSSR count). The number of rotatable bonds is 2. The second-order valence-electron chi connectivity index (χ2n) is 2.63. The van der Waals surface area contributed by atoms with Crippen molar-refractivity contribution in [2.45, 2.75) is 6.42 Å². The van der Waals surface area contributed by atoms with Gasteiger partial charge in [-0.15, -0.1) is 0 Å². The van der Waals surface area contributed by atoms with E-state index in [0.717, 1.165) is 41.4 Å². The average Bonchev–Trinajstić information content (AvgIpc) is 2.51. The number of thioether (sulfide) groups is 1. The Bertz CT molecular complexity index is 402. The monoisotopic (exact) mass is 462 g/mol. The molecule has 0 unspecified atom stereocenters. The van der Waals surface area contributed by atoms with Crippen LogP contribution in [0.2, 0.25) is 0 Å². The summed E-state index contributed by atoms with van der Waals surface area (Å²) < 4.78 is 8.72. The van der Waals surface area contributed by atoms with Crippen LogP contribution < -0.4 is 4.74 Å². The van der Waals surface area contributed by atoms with Crippen molar-refractivity contribution in [2.75, 3.05) is 0 Å². The van der Waals surface area contributed by atoms with E-state index in [-0.39, 0.29) is 0 Å². The second kappa shape index (κ2) is 4.84. The standard InChI is InChI=1S/C8H6BrN2OS.Tl/c9-6-2-1-3-8(13-6)12-7-4-10-5-11-7;/h2-5H,1H2;/q-1;+1. The van der Waals surface area contributed by atoms with Crippen LogP contribution in [-0.2, 0) is 0 Å². The molecule has 0 bridgehead atoms. The van der Waals surface area contributed by atoms with Gasteiger partial charge < -0.3 is 0 Å². The number of allylic oxidation sites excluding steroid dienone is 2. The molecule has 1 aliphatic rings. The van der Waals surface area contributed by atoms with Crippen LogP contribution in [0.3, 0.4) is 0 Å². The van der Waals surface area contributed by atoms with Crippen LogP contribution in [0.5, 0.6) is 5.88 Å². The van der Waals surface area contributed by atoms with Crippen molar-refractivity contribution >= 4 is 53.8 Å². The van der Waals surface area contributed by atoms with E-state index in [2.05, 4.69) is 27.0 Å². The van der Waals surface area contributed by atoms with Gasteiger partial charge in [-0.1, -0.05) is 0 Å². The molecule has 0 saturated heterocycles. The molecule has 3 nitrogen and oxygen atoms in total. The first-order valence-corrected chi connectivity index (χ1v) is 7.56. The zero-order chi connectivity index (χ0) is 9.97. The molecule has 1 aliphatic heterocycles. The van der Waals surface area contributed by atoms with Crippen molar-refractivity contribution in [2.24, 2.45) is 0 Å². The quantitative estimate of drug-likeness (QED) is 0.632. The molecule has 6 heteroatoms. The van der Waals surface area contributed by atoms with Crippen LogP contribution in [-0.4, -0.2) is 33.4 Å². The number of hydrogen-bond acceptors (Lipinski definition) is 3. The fraction of sp³-hybridized carbons (Fsp3) is 0.125. The first kappa shape index (κ1) is 10.7.